The molecule has 0 amide bonds. The third kappa shape index (κ3) is 3.17. The first-order chi connectivity index (χ1) is 7.74. The molecule has 4 heteroatoms. The Morgan fingerprint density at radius 3 is 2.94 bits per heavy atom. The summed E-state index contributed by atoms with van der Waals surface area (Å²) in [5.74, 6) is 1.39. The highest BCUT2D eigenvalue weighted by atomic mass is 16.3. The number of nitrogens with zero attached hydrogens (tertiary/aromatic N) is 2. The zero-order chi connectivity index (χ0) is 11.4. The average molecular weight is 221 g/mol. The van der Waals surface area contributed by atoms with Crippen molar-refractivity contribution >= 4 is 5.82 Å². The van der Waals surface area contributed by atoms with Crippen LogP contribution in [0.3, 0.4) is 0 Å². The number of rotatable bonds is 3. The second kappa shape index (κ2) is 5.25. The molecule has 1 heterocycles. The van der Waals surface area contributed by atoms with Gasteiger partial charge in [0.1, 0.15) is 5.82 Å². The highest BCUT2D eigenvalue weighted by Crippen LogP contribution is 2.24. The minimum atomic E-state index is -0.107. The molecular formula is C12H19N3O. The third-order valence-electron chi connectivity index (χ3n) is 3.12. The van der Waals surface area contributed by atoms with Crippen LogP contribution < -0.4 is 5.32 Å². The topological polar surface area (TPSA) is 58.0 Å². The fourth-order valence-electron chi connectivity index (χ4n) is 2.19. The molecule has 0 aliphatic heterocycles. The predicted octanol–water partition coefficient (Wildman–Crippen LogP) is 1.75. The smallest absolute Gasteiger partial charge is 0.148 e. The maximum Gasteiger partial charge on any atom is 0.148 e. The van der Waals surface area contributed by atoms with Gasteiger partial charge in [-0.1, -0.05) is 6.42 Å². The molecule has 16 heavy (non-hydrogen) atoms. The first-order valence-electron chi connectivity index (χ1n) is 5.96. The molecule has 2 unspecified atom stereocenters. The number of aliphatic hydroxyl groups excluding tert-OH is 1. The van der Waals surface area contributed by atoms with Crippen molar-refractivity contribution in [1.29, 1.82) is 0 Å². The summed E-state index contributed by atoms with van der Waals surface area (Å²) < 4.78 is 0. The van der Waals surface area contributed by atoms with Crippen LogP contribution in [0.25, 0.3) is 0 Å². The molecule has 0 aromatic carbocycles. The fraction of sp³-hybridized carbons (Fsp3) is 0.667. The van der Waals surface area contributed by atoms with E-state index >= 15 is 0 Å². The van der Waals surface area contributed by atoms with Crippen LogP contribution in [0.4, 0.5) is 5.82 Å². The van der Waals surface area contributed by atoms with Gasteiger partial charge in [-0.25, -0.2) is 0 Å². The van der Waals surface area contributed by atoms with E-state index < -0.39 is 0 Å². The zero-order valence-corrected chi connectivity index (χ0v) is 9.69. The highest BCUT2D eigenvalue weighted by Gasteiger charge is 2.19. The zero-order valence-electron chi connectivity index (χ0n) is 9.69. The van der Waals surface area contributed by atoms with E-state index in [0.717, 1.165) is 37.3 Å². The molecule has 0 radical (unpaired) electrons. The van der Waals surface area contributed by atoms with E-state index in [9.17, 15) is 5.11 Å². The second-order valence-electron chi connectivity index (χ2n) is 4.63. The molecule has 2 N–H and O–H groups in total. The molecule has 2 atom stereocenters. The van der Waals surface area contributed by atoms with Crippen LogP contribution in [0.1, 0.15) is 31.4 Å². The fourth-order valence-corrected chi connectivity index (χ4v) is 2.19. The minimum absolute atomic E-state index is 0.107. The van der Waals surface area contributed by atoms with Crippen molar-refractivity contribution in [1.82, 2.24) is 10.2 Å². The van der Waals surface area contributed by atoms with Gasteiger partial charge in [0, 0.05) is 6.54 Å². The number of nitrogens with one attached hydrogen (secondary N) is 1. The summed E-state index contributed by atoms with van der Waals surface area (Å²) in [5.41, 5.74) is 0.929. The van der Waals surface area contributed by atoms with Gasteiger partial charge in [-0.3, -0.25) is 0 Å². The van der Waals surface area contributed by atoms with Gasteiger partial charge in [-0.05, 0) is 44.2 Å². The van der Waals surface area contributed by atoms with E-state index in [1.54, 1.807) is 0 Å². The van der Waals surface area contributed by atoms with Crippen LogP contribution in [0, 0.1) is 12.8 Å². The Morgan fingerprint density at radius 2 is 2.25 bits per heavy atom. The van der Waals surface area contributed by atoms with Gasteiger partial charge < -0.3 is 10.4 Å². The number of hydrogen-bond acceptors (Lipinski definition) is 4. The van der Waals surface area contributed by atoms with E-state index in [0.29, 0.717) is 5.92 Å². The molecule has 1 aromatic rings. The molecule has 0 saturated heterocycles. The average Bonchev–Trinajstić information content (AvgIpc) is 2.28. The third-order valence-corrected chi connectivity index (χ3v) is 3.12. The number of aliphatic hydroxyl groups is 1. The molecule has 88 valence electrons. The van der Waals surface area contributed by atoms with Crippen LogP contribution in [-0.4, -0.2) is 28.0 Å². The monoisotopic (exact) mass is 221 g/mol. The van der Waals surface area contributed by atoms with Crippen molar-refractivity contribution in [2.45, 2.75) is 38.7 Å². The molecule has 1 aliphatic carbocycles. The number of hydrogen-bond donors (Lipinski definition) is 2. The Balaban J connectivity index is 1.80. The van der Waals surface area contributed by atoms with Crippen molar-refractivity contribution in [3.8, 4) is 0 Å². The first-order valence-corrected chi connectivity index (χ1v) is 5.96. The number of aryl methyl sites for hydroxylation is 1. The lowest BCUT2D eigenvalue weighted by Gasteiger charge is -2.25. The van der Waals surface area contributed by atoms with Crippen molar-refractivity contribution < 1.29 is 5.11 Å². The summed E-state index contributed by atoms with van der Waals surface area (Å²) in [6.07, 6.45) is 4.09. The Kier molecular flexibility index (Phi) is 3.72. The van der Waals surface area contributed by atoms with E-state index in [2.05, 4.69) is 15.5 Å². The van der Waals surface area contributed by atoms with Crippen molar-refractivity contribution in [3.05, 3.63) is 17.8 Å². The summed E-state index contributed by atoms with van der Waals surface area (Å²) in [4.78, 5) is 0. The quantitative estimate of drug-likeness (QED) is 0.816. The van der Waals surface area contributed by atoms with Crippen LogP contribution >= 0.6 is 0 Å². The van der Waals surface area contributed by atoms with Crippen LogP contribution in [0.15, 0.2) is 12.1 Å². The molecule has 4 nitrogen and oxygen atoms in total. The summed E-state index contributed by atoms with van der Waals surface area (Å²) in [7, 11) is 0. The molecule has 1 saturated carbocycles. The van der Waals surface area contributed by atoms with Crippen LogP contribution in [0.2, 0.25) is 0 Å². The summed E-state index contributed by atoms with van der Waals surface area (Å²) in [5, 5.41) is 20.9. The Labute approximate surface area is 96.1 Å². The summed E-state index contributed by atoms with van der Waals surface area (Å²) >= 11 is 0. The molecule has 1 aromatic heterocycles. The molecule has 2 rings (SSSR count). The Morgan fingerprint density at radius 1 is 1.38 bits per heavy atom. The van der Waals surface area contributed by atoms with E-state index in [1.165, 1.54) is 6.42 Å². The van der Waals surface area contributed by atoms with Crippen molar-refractivity contribution in [3.63, 3.8) is 0 Å². The van der Waals surface area contributed by atoms with Crippen molar-refractivity contribution in [2.75, 3.05) is 11.9 Å². The van der Waals surface area contributed by atoms with Gasteiger partial charge in [-0.15, -0.1) is 5.10 Å². The lowest BCUT2D eigenvalue weighted by atomic mass is 9.87. The Hall–Kier alpha value is -1.16. The van der Waals surface area contributed by atoms with Gasteiger partial charge in [0.2, 0.25) is 0 Å². The van der Waals surface area contributed by atoms with Gasteiger partial charge in [-0.2, -0.15) is 5.10 Å². The standard InChI is InChI=1S/C12H19N3O/c1-9-5-6-12(15-14-9)13-8-10-3-2-4-11(16)7-10/h5-6,10-11,16H,2-4,7-8H2,1H3,(H,13,15). The second-order valence-corrected chi connectivity index (χ2v) is 4.63. The maximum atomic E-state index is 9.56. The van der Waals surface area contributed by atoms with Crippen LogP contribution in [-0.2, 0) is 0 Å². The molecular weight excluding hydrogens is 202 g/mol. The SMILES string of the molecule is Cc1ccc(NCC2CCCC(O)C2)nn1. The van der Waals surface area contributed by atoms with E-state index in [4.69, 9.17) is 0 Å². The van der Waals surface area contributed by atoms with Crippen molar-refractivity contribution in [2.24, 2.45) is 5.92 Å². The van der Waals surface area contributed by atoms with Crippen LogP contribution in [0.5, 0.6) is 0 Å². The number of anilines is 1. The minimum Gasteiger partial charge on any atom is -0.393 e. The molecule has 1 aliphatic rings. The lowest BCUT2D eigenvalue weighted by molar-refractivity contribution is 0.104. The van der Waals surface area contributed by atoms with E-state index in [1.807, 2.05) is 19.1 Å². The van der Waals surface area contributed by atoms with Gasteiger partial charge >= 0.3 is 0 Å². The number of aromatic nitrogens is 2. The normalized spacial score (nSPS) is 25.4. The first kappa shape index (κ1) is 11.3. The summed E-state index contributed by atoms with van der Waals surface area (Å²) in [6.45, 7) is 2.81. The molecule has 0 spiro atoms. The predicted molar refractivity (Wildman–Crippen MR) is 63.2 cm³/mol. The lowest BCUT2D eigenvalue weighted by Crippen LogP contribution is -2.25. The van der Waals surface area contributed by atoms with Gasteiger partial charge in [0.25, 0.3) is 0 Å². The van der Waals surface area contributed by atoms with Gasteiger partial charge in [0.15, 0.2) is 0 Å². The highest BCUT2D eigenvalue weighted by molar-refractivity contribution is 5.32. The summed E-state index contributed by atoms with van der Waals surface area (Å²) in [6, 6.07) is 3.90. The van der Waals surface area contributed by atoms with Gasteiger partial charge in [0.05, 0.1) is 11.8 Å². The molecule has 0 bridgehead atoms. The molecule has 1 fully saturated rings. The Bertz CT molecular complexity index is 326. The van der Waals surface area contributed by atoms with E-state index in [-0.39, 0.29) is 6.10 Å². The largest absolute Gasteiger partial charge is 0.393 e. The maximum absolute atomic E-state index is 9.56.